The van der Waals surface area contributed by atoms with Crippen molar-refractivity contribution in [2.45, 2.75) is 29.9 Å². The number of methoxy groups -OCH3 is 4. The first-order valence-electron chi connectivity index (χ1n) is 12.1. The smallest absolute Gasteiger partial charge is 0.203 e. The Kier molecular flexibility index (Phi) is 9.51. The summed E-state index contributed by atoms with van der Waals surface area (Å²) >= 11 is 7.72. The van der Waals surface area contributed by atoms with Gasteiger partial charge in [0.2, 0.25) is 5.75 Å². The lowest BCUT2D eigenvalue weighted by Crippen LogP contribution is -2.04. The van der Waals surface area contributed by atoms with Crippen LogP contribution in [0.15, 0.2) is 53.4 Å². The van der Waals surface area contributed by atoms with E-state index in [2.05, 4.69) is 6.07 Å². The number of hydrogen-bond donors (Lipinski definition) is 0. The van der Waals surface area contributed by atoms with Gasteiger partial charge in [-0.25, -0.2) is 0 Å². The van der Waals surface area contributed by atoms with E-state index in [1.165, 1.54) is 0 Å². The largest absolute Gasteiger partial charge is 0.495 e. The summed E-state index contributed by atoms with van der Waals surface area (Å²) in [5.74, 6) is 3.64. The zero-order valence-electron chi connectivity index (χ0n) is 21.8. The van der Waals surface area contributed by atoms with Gasteiger partial charge in [0.05, 0.1) is 57.8 Å². The molecule has 0 unspecified atom stereocenters. The zero-order valence-corrected chi connectivity index (χ0v) is 23.4. The maximum Gasteiger partial charge on any atom is 0.203 e. The van der Waals surface area contributed by atoms with Gasteiger partial charge in [-0.3, -0.25) is 0 Å². The number of hydrogen-bond acceptors (Lipinski definition) is 8. The highest BCUT2D eigenvalue weighted by Crippen LogP contribution is 2.46. The molecule has 1 saturated heterocycles. The van der Waals surface area contributed by atoms with E-state index in [1.54, 1.807) is 40.2 Å². The molecule has 0 spiro atoms. The molecule has 0 aliphatic carbocycles. The van der Waals surface area contributed by atoms with E-state index in [1.807, 2.05) is 48.5 Å². The Balaban J connectivity index is 1.38. The zero-order chi connectivity index (χ0) is 27.1. The molecule has 7 nitrogen and oxygen atoms in total. The third-order valence-corrected chi connectivity index (χ3v) is 7.58. The quantitative estimate of drug-likeness (QED) is 0.185. The van der Waals surface area contributed by atoms with E-state index in [-0.39, 0.29) is 12.2 Å². The summed E-state index contributed by atoms with van der Waals surface area (Å²) < 4.78 is 34.0. The number of thioether (sulfide) groups is 1. The van der Waals surface area contributed by atoms with Crippen LogP contribution in [-0.4, -0.2) is 40.8 Å². The molecule has 3 aromatic carbocycles. The number of rotatable bonds is 11. The van der Waals surface area contributed by atoms with Gasteiger partial charge in [-0.2, -0.15) is 5.26 Å². The molecule has 3 aromatic rings. The van der Waals surface area contributed by atoms with Crippen molar-refractivity contribution in [3.05, 3.63) is 70.2 Å². The predicted octanol–water partition coefficient (Wildman–Crippen LogP) is 7.01. The topological polar surface area (TPSA) is 79.2 Å². The van der Waals surface area contributed by atoms with Gasteiger partial charge in [0.15, 0.2) is 11.5 Å². The lowest BCUT2D eigenvalue weighted by molar-refractivity contribution is 0.0438. The molecule has 0 bridgehead atoms. The van der Waals surface area contributed by atoms with Crippen molar-refractivity contribution in [1.82, 2.24) is 0 Å². The molecule has 2 atom stereocenters. The molecule has 9 heteroatoms. The molecular weight excluding hydrogens is 526 g/mol. The molecule has 0 aromatic heterocycles. The minimum Gasteiger partial charge on any atom is -0.495 e. The van der Waals surface area contributed by atoms with Crippen molar-refractivity contribution < 1.29 is 28.4 Å². The Morgan fingerprint density at radius 2 is 1.53 bits per heavy atom. The van der Waals surface area contributed by atoms with Crippen LogP contribution < -0.4 is 23.7 Å². The molecular formula is C29H30ClNO6S. The number of benzene rings is 3. The molecule has 1 aliphatic heterocycles. The average molecular weight is 556 g/mol. The minimum atomic E-state index is -0.129. The van der Waals surface area contributed by atoms with Crippen molar-refractivity contribution in [1.29, 1.82) is 5.26 Å². The maximum absolute atomic E-state index is 9.76. The monoisotopic (exact) mass is 555 g/mol. The number of nitrogens with zero attached hydrogens (tertiary/aromatic N) is 1. The fraction of sp³-hybridized carbons (Fsp3) is 0.345. The van der Waals surface area contributed by atoms with Gasteiger partial charge < -0.3 is 28.4 Å². The molecule has 1 heterocycles. The standard InChI is InChI=1S/C29H30ClNO6S/c1-32-26-16-21(6-7-22(26)30)38-12-11-36-23-8-5-18(13-20(23)17-31)24-9-10-25(37-24)19-14-27(33-2)29(35-4)28(15-19)34-3/h5-8,13-16,24-25H,9-12H2,1-4H3/t24-,25-/m0/s1. The first kappa shape index (κ1) is 27.8. The molecule has 0 N–H and O–H groups in total. The molecule has 0 radical (unpaired) electrons. The maximum atomic E-state index is 9.76. The lowest BCUT2D eigenvalue weighted by atomic mass is 10.0. The number of nitriles is 1. The van der Waals surface area contributed by atoms with Crippen LogP contribution in [0, 0.1) is 11.3 Å². The SMILES string of the molecule is COc1cc(SCCOc2ccc([C@@H]3CC[C@@H](c4cc(OC)c(OC)c(OC)c4)O3)cc2C#N)ccc1Cl. The average Bonchev–Trinajstić information content (AvgIpc) is 3.45. The van der Waals surface area contributed by atoms with Crippen LogP contribution in [-0.2, 0) is 4.74 Å². The van der Waals surface area contributed by atoms with Gasteiger partial charge in [0, 0.05) is 10.6 Å². The lowest BCUT2D eigenvalue weighted by Gasteiger charge is -2.18. The summed E-state index contributed by atoms with van der Waals surface area (Å²) in [7, 11) is 6.37. The summed E-state index contributed by atoms with van der Waals surface area (Å²) in [6, 6.07) is 17.4. The summed E-state index contributed by atoms with van der Waals surface area (Å²) in [4.78, 5) is 1.03. The molecule has 4 rings (SSSR count). The molecule has 1 fully saturated rings. The van der Waals surface area contributed by atoms with Crippen LogP contribution >= 0.6 is 23.4 Å². The van der Waals surface area contributed by atoms with Crippen LogP contribution in [0.1, 0.15) is 41.7 Å². The molecule has 0 saturated carbocycles. The van der Waals surface area contributed by atoms with E-state index in [4.69, 9.17) is 40.0 Å². The van der Waals surface area contributed by atoms with Crippen LogP contribution in [0.5, 0.6) is 28.7 Å². The van der Waals surface area contributed by atoms with Gasteiger partial charge in [-0.05, 0) is 66.4 Å². The number of halogens is 1. The highest BCUT2D eigenvalue weighted by Gasteiger charge is 2.30. The second-order valence-electron chi connectivity index (χ2n) is 8.51. The van der Waals surface area contributed by atoms with Crippen LogP contribution in [0.3, 0.4) is 0 Å². The minimum absolute atomic E-state index is 0.126. The first-order valence-corrected chi connectivity index (χ1v) is 13.5. The van der Waals surface area contributed by atoms with E-state index in [9.17, 15) is 5.26 Å². The predicted molar refractivity (Wildman–Crippen MR) is 147 cm³/mol. The fourth-order valence-corrected chi connectivity index (χ4v) is 5.37. The van der Waals surface area contributed by atoms with E-state index < -0.39 is 0 Å². The highest BCUT2D eigenvalue weighted by molar-refractivity contribution is 7.99. The third kappa shape index (κ3) is 6.24. The second kappa shape index (κ2) is 13.0. The second-order valence-corrected chi connectivity index (χ2v) is 10.1. The molecule has 0 amide bonds. The third-order valence-electron chi connectivity index (χ3n) is 6.31. The molecule has 200 valence electrons. The Morgan fingerprint density at radius 1 is 0.842 bits per heavy atom. The van der Waals surface area contributed by atoms with Crippen LogP contribution in [0.25, 0.3) is 0 Å². The molecule has 1 aliphatic rings. The summed E-state index contributed by atoms with van der Waals surface area (Å²) in [5, 5.41) is 10.3. The summed E-state index contributed by atoms with van der Waals surface area (Å²) in [6.07, 6.45) is 1.40. The first-order chi connectivity index (χ1) is 18.5. The van der Waals surface area contributed by atoms with E-state index in [0.717, 1.165) is 28.9 Å². The Labute approximate surface area is 232 Å². The van der Waals surface area contributed by atoms with Crippen molar-refractivity contribution in [3.8, 4) is 34.8 Å². The van der Waals surface area contributed by atoms with Crippen molar-refractivity contribution >= 4 is 23.4 Å². The number of ether oxygens (including phenoxy) is 6. The Morgan fingerprint density at radius 3 is 2.16 bits per heavy atom. The van der Waals surface area contributed by atoms with Gasteiger partial charge >= 0.3 is 0 Å². The van der Waals surface area contributed by atoms with Gasteiger partial charge in [-0.15, -0.1) is 11.8 Å². The van der Waals surface area contributed by atoms with E-state index >= 15 is 0 Å². The summed E-state index contributed by atoms with van der Waals surface area (Å²) in [5.41, 5.74) is 2.39. The van der Waals surface area contributed by atoms with Gasteiger partial charge in [0.25, 0.3) is 0 Å². The van der Waals surface area contributed by atoms with Crippen molar-refractivity contribution in [2.24, 2.45) is 0 Å². The van der Waals surface area contributed by atoms with Gasteiger partial charge in [-0.1, -0.05) is 17.7 Å². The Hall–Kier alpha value is -3.25. The van der Waals surface area contributed by atoms with Crippen LogP contribution in [0.4, 0.5) is 0 Å². The molecule has 38 heavy (non-hydrogen) atoms. The van der Waals surface area contributed by atoms with Crippen molar-refractivity contribution in [3.63, 3.8) is 0 Å². The highest BCUT2D eigenvalue weighted by atomic mass is 35.5. The normalized spacial score (nSPS) is 16.5. The summed E-state index contributed by atoms with van der Waals surface area (Å²) in [6.45, 7) is 0.451. The fourth-order valence-electron chi connectivity index (χ4n) is 4.42. The Bertz CT molecular complexity index is 1290. The van der Waals surface area contributed by atoms with E-state index in [0.29, 0.717) is 51.7 Å². The van der Waals surface area contributed by atoms with Crippen molar-refractivity contribution in [2.75, 3.05) is 40.8 Å². The van der Waals surface area contributed by atoms with Gasteiger partial charge in [0.1, 0.15) is 17.6 Å². The van der Waals surface area contributed by atoms with Crippen LogP contribution in [0.2, 0.25) is 5.02 Å².